The minimum Gasteiger partial charge on any atom is -0.340 e. The summed E-state index contributed by atoms with van der Waals surface area (Å²) >= 11 is 6.15. The summed E-state index contributed by atoms with van der Waals surface area (Å²) in [6, 6.07) is 7.44. The summed E-state index contributed by atoms with van der Waals surface area (Å²) in [6.07, 6.45) is 3.90. The van der Waals surface area contributed by atoms with E-state index in [0.717, 1.165) is 37.8 Å². The molecule has 2 aliphatic rings. The van der Waals surface area contributed by atoms with Crippen molar-refractivity contribution in [3.05, 3.63) is 34.9 Å². The lowest BCUT2D eigenvalue weighted by Gasteiger charge is -2.34. The zero-order chi connectivity index (χ0) is 17.1. The molecule has 1 aliphatic carbocycles. The van der Waals surface area contributed by atoms with Crippen molar-refractivity contribution in [2.75, 3.05) is 20.1 Å². The number of likely N-dealkylation sites (tertiary alicyclic amines) is 1. The number of urea groups is 1. The Labute approximate surface area is 147 Å². The molecule has 0 spiro atoms. The Hall–Kier alpha value is -1.75. The van der Waals surface area contributed by atoms with Crippen LogP contribution in [-0.2, 0) is 11.3 Å². The fourth-order valence-electron chi connectivity index (χ4n) is 3.12. The van der Waals surface area contributed by atoms with E-state index >= 15 is 0 Å². The van der Waals surface area contributed by atoms with E-state index in [-0.39, 0.29) is 23.9 Å². The summed E-state index contributed by atoms with van der Waals surface area (Å²) in [5.74, 6) is 0.501. The normalized spacial score (nSPS) is 20.6. The number of benzene rings is 1. The van der Waals surface area contributed by atoms with Gasteiger partial charge >= 0.3 is 6.03 Å². The van der Waals surface area contributed by atoms with Crippen molar-refractivity contribution in [2.45, 2.75) is 38.3 Å². The first-order valence-corrected chi connectivity index (χ1v) is 8.96. The van der Waals surface area contributed by atoms with Gasteiger partial charge in [0.2, 0.25) is 5.91 Å². The first-order chi connectivity index (χ1) is 11.5. The molecule has 1 saturated carbocycles. The van der Waals surface area contributed by atoms with E-state index in [1.807, 2.05) is 29.2 Å². The van der Waals surface area contributed by atoms with Crippen LogP contribution in [0.1, 0.15) is 31.2 Å². The smallest absolute Gasteiger partial charge is 0.317 e. The van der Waals surface area contributed by atoms with Crippen LogP contribution >= 0.6 is 11.6 Å². The number of carbonyl (C=O) groups excluding carboxylic acids is 2. The molecule has 3 amide bonds. The van der Waals surface area contributed by atoms with Crippen LogP contribution in [-0.4, -0.2) is 47.9 Å². The van der Waals surface area contributed by atoms with E-state index in [9.17, 15) is 9.59 Å². The molecule has 2 fully saturated rings. The Balaban J connectivity index is 1.51. The Morgan fingerprint density at radius 2 is 2.04 bits per heavy atom. The molecule has 5 nitrogen and oxygen atoms in total. The number of carbonyl (C=O) groups is 2. The van der Waals surface area contributed by atoms with Gasteiger partial charge in [0, 0.05) is 43.7 Å². The van der Waals surface area contributed by atoms with Crippen molar-refractivity contribution in [3.63, 3.8) is 0 Å². The molecule has 130 valence electrons. The molecule has 1 aromatic rings. The maximum Gasteiger partial charge on any atom is 0.317 e. The molecule has 1 aromatic carbocycles. The zero-order valence-electron chi connectivity index (χ0n) is 14.0. The molecule has 0 bridgehead atoms. The molecule has 1 saturated heterocycles. The van der Waals surface area contributed by atoms with Crippen LogP contribution in [0, 0.1) is 5.92 Å². The van der Waals surface area contributed by atoms with Crippen molar-refractivity contribution in [3.8, 4) is 0 Å². The molecule has 1 N–H and O–H groups in total. The summed E-state index contributed by atoms with van der Waals surface area (Å²) in [6.45, 7) is 1.90. The first kappa shape index (κ1) is 17.1. The Kier molecular flexibility index (Phi) is 5.29. The van der Waals surface area contributed by atoms with Gasteiger partial charge in [-0.15, -0.1) is 0 Å². The predicted molar refractivity (Wildman–Crippen MR) is 93.8 cm³/mol. The van der Waals surface area contributed by atoms with Crippen LogP contribution in [0.15, 0.2) is 24.3 Å². The summed E-state index contributed by atoms with van der Waals surface area (Å²) in [5.41, 5.74) is 0.922. The fourth-order valence-corrected chi connectivity index (χ4v) is 3.32. The second-order valence-corrected chi connectivity index (χ2v) is 7.20. The van der Waals surface area contributed by atoms with Crippen molar-refractivity contribution in [1.29, 1.82) is 0 Å². The van der Waals surface area contributed by atoms with Crippen LogP contribution in [0.2, 0.25) is 5.02 Å². The topological polar surface area (TPSA) is 52.7 Å². The quantitative estimate of drug-likeness (QED) is 0.908. The van der Waals surface area contributed by atoms with Crippen molar-refractivity contribution < 1.29 is 9.59 Å². The van der Waals surface area contributed by atoms with Gasteiger partial charge in [-0.3, -0.25) is 4.79 Å². The average Bonchev–Trinajstić information content (AvgIpc) is 3.41. The molecule has 24 heavy (non-hydrogen) atoms. The standard InChI is InChI=1S/C18H24ClN3O2/c1-21(11-14-5-2-3-7-16(14)19)18(24)20-15-6-4-10-22(12-15)17(23)13-8-9-13/h2-3,5,7,13,15H,4,6,8-12H2,1H3,(H,20,24)/t15-/m1/s1. The summed E-state index contributed by atoms with van der Waals surface area (Å²) in [4.78, 5) is 28.2. The lowest BCUT2D eigenvalue weighted by molar-refractivity contribution is -0.133. The third-order valence-electron chi connectivity index (χ3n) is 4.70. The van der Waals surface area contributed by atoms with E-state index in [0.29, 0.717) is 18.1 Å². The lowest BCUT2D eigenvalue weighted by Crippen LogP contribution is -2.52. The predicted octanol–water partition coefficient (Wildman–Crippen LogP) is 2.88. The van der Waals surface area contributed by atoms with Gasteiger partial charge in [0.15, 0.2) is 0 Å². The number of piperidine rings is 1. The van der Waals surface area contributed by atoms with Gasteiger partial charge in [-0.25, -0.2) is 4.79 Å². The van der Waals surface area contributed by atoms with Crippen LogP contribution in [0.25, 0.3) is 0 Å². The summed E-state index contributed by atoms with van der Waals surface area (Å²) in [5, 5.41) is 3.72. The van der Waals surface area contributed by atoms with E-state index in [1.165, 1.54) is 0 Å². The highest BCUT2D eigenvalue weighted by Crippen LogP contribution is 2.31. The number of rotatable bonds is 4. The second kappa shape index (κ2) is 7.43. The molecule has 1 heterocycles. The largest absolute Gasteiger partial charge is 0.340 e. The van der Waals surface area contributed by atoms with Crippen LogP contribution < -0.4 is 5.32 Å². The zero-order valence-corrected chi connectivity index (χ0v) is 14.8. The molecule has 1 aliphatic heterocycles. The number of hydrogen-bond donors (Lipinski definition) is 1. The molecule has 0 radical (unpaired) electrons. The third kappa shape index (κ3) is 4.20. The number of halogens is 1. The highest BCUT2D eigenvalue weighted by Gasteiger charge is 2.35. The monoisotopic (exact) mass is 349 g/mol. The third-order valence-corrected chi connectivity index (χ3v) is 5.07. The van der Waals surface area contributed by atoms with Gasteiger partial charge < -0.3 is 15.1 Å². The second-order valence-electron chi connectivity index (χ2n) is 6.79. The fraction of sp³-hybridized carbons (Fsp3) is 0.556. The van der Waals surface area contributed by atoms with Crippen molar-refractivity contribution >= 4 is 23.5 Å². The summed E-state index contributed by atoms with van der Waals surface area (Å²) in [7, 11) is 1.76. The van der Waals surface area contributed by atoms with Crippen LogP contribution in [0.3, 0.4) is 0 Å². The minimum absolute atomic E-state index is 0.0302. The highest BCUT2D eigenvalue weighted by molar-refractivity contribution is 6.31. The lowest BCUT2D eigenvalue weighted by atomic mass is 10.1. The van der Waals surface area contributed by atoms with Crippen LogP contribution in [0.5, 0.6) is 0 Å². The molecular formula is C18H24ClN3O2. The van der Waals surface area contributed by atoms with Gasteiger partial charge in [0.25, 0.3) is 0 Å². The average molecular weight is 350 g/mol. The Morgan fingerprint density at radius 3 is 2.75 bits per heavy atom. The van der Waals surface area contributed by atoms with E-state index in [1.54, 1.807) is 11.9 Å². The van der Waals surface area contributed by atoms with Gasteiger partial charge in [0.1, 0.15) is 0 Å². The Morgan fingerprint density at radius 1 is 1.29 bits per heavy atom. The maximum atomic E-state index is 12.4. The van der Waals surface area contributed by atoms with Crippen molar-refractivity contribution in [1.82, 2.24) is 15.1 Å². The maximum absolute atomic E-state index is 12.4. The molecule has 0 unspecified atom stereocenters. The van der Waals surface area contributed by atoms with Gasteiger partial charge in [0.05, 0.1) is 0 Å². The number of amides is 3. The first-order valence-electron chi connectivity index (χ1n) is 8.58. The van der Waals surface area contributed by atoms with Gasteiger partial charge in [-0.2, -0.15) is 0 Å². The van der Waals surface area contributed by atoms with Gasteiger partial charge in [-0.05, 0) is 37.3 Å². The Bertz CT molecular complexity index is 618. The minimum atomic E-state index is -0.124. The van der Waals surface area contributed by atoms with Crippen molar-refractivity contribution in [2.24, 2.45) is 5.92 Å². The molecule has 1 atom stereocenters. The number of hydrogen-bond acceptors (Lipinski definition) is 2. The molecule has 3 rings (SSSR count). The van der Waals surface area contributed by atoms with E-state index in [4.69, 9.17) is 11.6 Å². The van der Waals surface area contributed by atoms with E-state index < -0.39 is 0 Å². The van der Waals surface area contributed by atoms with E-state index in [2.05, 4.69) is 5.32 Å². The molecule has 6 heteroatoms. The summed E-state index contributed by atoms with van der Waals surface area (Å²) < 4.78 is 0. The van der Waals surface area contributed by atoms with Crippen LogP contribution in [0.4, 0.5) is 4.79 Å². The number of nitrogens with one attached hydrogen (secondary N) is 1. The van der Waals surface area contributed by atoms with Gasteiger partial charge in [-0.1, -0.05) is 29.8 Å². The SMILES string of the molecule is CN(Cc1ccccc1Cl)C(=O)N[C@@H]1CCCN(C(=O)C2CC2)C1. The highest BCUT2D eigenvalue weighted by atomic mass is 35.5. The number of nitrogens with zero attached hydrogens (tertiary/aromatic N) is 2. The molecule has 0 aromatic heterocycles. The molecular weight excluding hydrogens is 326 g/mol.